The van der Waals surface area contributed by atoms with Crippen molar-refractivity contribution in [3.8, 4) is 17.2 Å². The van der Waals surface area contributed by atoms with Gasteiger partial charge in [0.15, 0.2) is 6.61 Å². The van der Waals surface area contributed by atoms with Gasteiger partial charge in [-0.15, -0.1) is 11.3 Å². The van der Waals surface area contributed by atoms with E-state index in [9.17, 15) is 9.59 Å². The van der Waals surface area contributed by atoms with Crippen LogP contribution in [0.1, 0.15) is 15.4 Å². The van der Waals surface area contributed by atoms with Crippen molar-refractivity contribution in [1.82, 2.24) is 9.78 Å². The summed E-state index contributed by atoms with van der Waals surface area (Å²) >= 11 is 7.57. The maximum atomic E-state index is 12.7. The molecule has 0 saturated carbocycles. The summed E-state index contributed by atoms with van der Waals surface area (Å²) < 4.78 is 12.8. The number of hydrogen-bond acceptors (Lipinski definition) is 6. The van der Waals surface area contributed by atoms with Gasteiger partial charge in [-0.3, -0.25) is 4.79 Å². The Morgan fingerprint density at radius 3 is 2.53 bits per heavy atom. The number of ether oxygens (including phenoxy) is 2. The van der Waals surface area contributed by atoms with Crippen molar-refractivity contribution in [3.05, 3.63) is 101 Å². The van der Waals surface area contributed by atoms with Gasteiger partial charge in [0, 0.05) is 17.1 Å². The van der Waals surface area contributed by atoms with Crippen LogP contribution in [0.25, 0.3) is 15.9 Å². The molecule has 5 rings (SSSR count). The Bertz CT molecular complexity index is 1560. The summed E-state index contributed by atoms with van der Waals surface area (Å²) in [5.74, 6) is 0.215. The number of aryl methyl sites for hydroxylation is 1. The minimum atomic E-state index is -0.586. The number of nitrogens with one attached hydrogen (secondary N) is 1. The second kappa shape index (κ2) is 10.2. The number of fused-ring (bicyclic) bond motifs is 1. The monoisotopic (exact) mass is 517 g/mol. The number of carbonyl (C=O) groups excluding carboxylic acids is 2. The van der Waals surface area contributed by atoms with Crippen LogP contribution < -0.4 is 10.1 Å². The molecule has 9 heteroatoms. The molecule has 0 aliphatic rings. The van der Waals surface area contributed by atoms with E-state index >= 15 is 0 Å². The average Bonchev–Trinajstić information content (AvgIpc) is 3.44. The zero-order chi connectivity index (χ0) is 25.1. The van der Waals surface area contributed by atoms with Crippen molar-refractivity contribution in [2.75, 3.05) is 11.9 Å². The summed E-state index contributed by atoms with van der Waals surface area (Å²) in [6.45, 7) is 1.44. The lowest BCUT2D eigenvalue weighted by molar-refractivity contribution is -0.119. The van der Waals surface area contributed by atoms with Crippen LogP contribution in [0.15, 0.2) is 84.9 Å². The molecule has 0 unspecified atom stereocenters. The van der Waals surface area contributed by atoms with Crippen molar-refractivity contribution in [2.24, 2.45) is 0 Å². The van der Waals surface area contributed by atoms with E-state index in [2.05, 4.69) is 10.4 Å². The smallest absolute Gasteiger partial charge is 0.348 e. The number of hydrogen-bond donors (Lipinski definition) is 1. The molecule has 0 bridgehead atoms. The van der Waals surface area contributed by atoms with Gasteiger partial charge in [0.25, 0.3) is 5.91 Å². The van der Waals surface area contributed by atoms with E-state index in [-0.39, 0.29) is 0 Å². The Kier molecular flexibility index (Phi) is 6.71. The molecule has 1 amide bonds. The lowest BCUT2D eigenvalue weighted by Gasteiger charge is -2.09. The van der Waals surface area contributed by atoms with E-state index < -0.39 is 18.5 Å². The fourth-order valence-electron chi connectivity index (χ4n) is 3.60. The largest absolute Gasteiger partial charge is 0.457 e. The van der Waals surface area contributed by atoms with Gasteiger partial charge in [-0.1, -0.05) is 48.0 Å². The van der Waals surface area contributed by atoms with Crippen molar-refractivity contribution < 1.29 is 19.1 Å². The van der Waals surface area contributed by atoms with Gasteiger partial charge in [0.05, 0.1) is 16.4 Å². The number of halogens is 1. The zero-order valence-electron chi connectivity index (χ0n) is 19.1. The Morgan fingerprint density at radius 1 is 0.972 bits per heavy atom. The summed E-state index contributed by atoms with van der Waals surface area (Å²) in [6.07, 6.45) is 0. The Labute approximate surface area is 215 Å². The molecular weight excluding hydrogens is 498 g/mol. The fourth-order valence-corrected chi connectivity index (χ4v) is 4.88. The highest BCUT2D eigenvalue weighted by molar-refractivity contribution is 7.20. The number of carbonyl (C=O) groups is 2. The third-order valence-corrected chi connectivity index (χ3v) is 6.67. The number of amides is 1. The second-order valence-electron chi connectivity index (χ2n) is 7.85. The fraction of sp³-hybridized carbons (Fsp3) is 0.0741. The highest BCUT2D eigenvalue weighted by Gasteiger charge is 2.20. The van der Waals surface area contributed by atoms with E-state index in [0.29, 0.717) is 27.1 Å². The molecule has 7 nitrogen and oxygen atoms in total. The predicted octanol–water partition coefficient (Wildman–Crippen LogP) is 6.64. The number of anilines is 1. The molecule has 2 aromatic heterocycles. The van der Waals surface area contributed by atoms with Gasteiger partial charge in [-0.05, 0) is 49.4 Å². The molecule has 5 aromatic rings. The standard InChI is InChI=1S/C27H20ClN3O4S/c1-17-21-15-24(36-26(21)31(30-17)23-13-6-5-12-22(23)28)27(33)34-16-25(32)29-18-8-7-11-20(14-18)35-19-9-3-2-4-10-19/h2-15H,16H2,1H3,(H,29,32). The molecule has 0 fully saturated rings. The lowest BCUT2D eigenvalue weighted by atomic mass is 10.3. The quantitative estimate of drug-likeness (QED) is 0.245. The summed E-state index contributed by atoms with van der Waals surface area (Å²) in [4.78, 5) is 26.2. The summed E-state index contributed by atoms with van der Waals surface area (Å²) in [6, 6.07) is 25.4. The first-order chi connectivity index (χ1) is 17.5. The van der Waals surface area contributed by atoms with Crippen LogP contribution in [0.4, 0.5) is 5.69 Å². The number of esters is 1. The molecule has 0 radical (unpaired) electrons. The first kappa shape index (κ1) is 23.6. The number of aromatic nitrogens is 2. The van der Waals surface area contributed by atoms with Crippen LogP contribution >= 0.6 is 22.9 Å². The summed E-state index contributed by atoms with van der Waals surface area (Å²) in [5, 5.41) is 8.65. The molecule has 180 valence electrons. The molecule has 1 N–H and O–H groups in total. The number of rotatable bonds is 7. The van der Waals surface area contributed by atoms with Crippen LogP contribution in [0.5, 0.6) is 11.5 Å². The molecular formula is C27H20ClN3O4S. The van der Waals surface area contributed by atoms with Crippen molar-refractivity contribution in [2.45, 2.75) is 6.92 Å². The van der Waals surface area contributed by atoms with E-state index in [1.54, 1.807) is 41.1 Å². The second-order valence-corrected chi connectivity index (χ2v) is 9.28. The molecule has 2 heterocycles. The van der Waals surface area contributed by atoms with Crippen molar-refractivity contribution >= 4 is 50.7 Å². The van der Waals surface area contributed by atoms with Gasteiger partial charge in [-0.2, -0.15) is 5.10 Å². The van der Waals surface area contributed by atoms with Crippen LogP contribution in [0, 0.1) is 6.92 Å². The molecule has 0 aliphatic heterocycles. The van der Waals surface area contributed by atoms with Gasteiger partial charge in [0.1, 0.15) is 21.2 Å². The maximum Gasteiger partial charge on any atom is 0.348 e. The molecule has 3 aromatic carbocycles. The zero-order valence-corrected chi connectivity index (χ0v) is 20.7. The van der Waals surface area contributed by atoms with Gasteiger partial charge >= 0.3 is 5.97 Å². The molecule has 0 atom stereocenters. The maximum absolute atomic E-state index is 12.7. The third kappa shape index (κ3) is 5.10. The Balaban J connectivity index is 1.23. The number of benzene rings is 3. The predicted molar refractivity (Wildman–Crippen MR) is 141 cm³/mol. The number of para-hydroxylation sites is 2. The summed E-state index contributed by atoms with van der Waals surface area (Å²) in [5.41, 5.74) is 2.01. The van der Waals surface area contributed by atoms with Gasteiger partial charge in [-0.25, -0.2) is 9.48 Å². The Hall–Kier alpha value is -4.14. The Morgan fingerprint density at radius 2 is 1.72 bits per heavy atom. The SMILES string of the molecule is Cc1nn(-c2ccccc2Cl)c2sc(C(=O)OCC(=O)Nc3cccc(Oc4ccccc4)c3)cc12. The first-order valence-electron chi connectivity index (χ1n) is 11.0. The average molecular weight is 518 g/mol. The molecule has 36 heavy (non-hydrogen) atoms. The van der Waals surface area contributed by atoms with Gasteiger partial charge in [0.2, 0.25) is 0 Å². The van der Waals surface area contributed by atoms with Crippen LogP contribution in [-0.4, -0.2) is 28.3 Å². The van der Waals surface area contributed by atoms with Crippen molar-refractivity contribution in [1.29, 1.82) is 0 Å². The lowest BCUT2D eigenvalue weighted by Crippen LogP contribution is -2.20. The molecule has 0 spiro atoms. The topological polar surface area (TPSA) is 82.5 Å². The van der Waals surface area contributed by atoms with E-state index in [0.717, 1.165) is 21.6 Å². The van der Waals surface area contributed by atoms with Crippen LogP contribution in [0.2, 0.25) is 5.02 Å². The minimum absolute atomic E-state index is 0.373. The van der Waals surface area contributed by atoms with E-state index in [4.69, 9.17) is 21.1 Å². The number of thiophene rings is 1. The molecule has 0 saturated heterocycles. The van der Waals surface area contributed by atoms with Gasteiger partial charge < -0.3 is 14.8 Å². The number of nitrogens with zero attached hydrogens (tertiary/aromatic N) is 2. The normalized spacial score (nSPS) is 10.8. The van der Waals surface area contributed by atoms with Crippen LogP contribution in [-0.2, 0) is 9.53 Å². The first-order valence-corrected chi connectivity index (χ1v) is 12.2. The van der Waals surface area contributed by atoms with E-state index in [1.807, 2.05) is 55.5 Å². The third-order valence-electron chi connectivity index (χ3n) is 5.26. The highest BCUT2D eigenvalue weighted by atomic mass is 35.5. The molecule has 0 aliphatic carbocycles. The summed E-state index contributed by atoms with van der Waals surface area (Å²) in [7, 11) is 0. The van der Waals surface area contributed by atoms with Crippen molar-refractivity contribution in [3.63, 3.8) is 0 Å². The van der Waals surface area contributed by atoms with E-state index in [1.165, 1.54) is 11.3 Å². The van der Waals surface area contributed by atoms with Crippen LogP contribution in [0.3, 0.4) is 0 Å². The minimum Gasteiger partial charge on any atom is -0.457 e. The highest BCUT2D eigenvalue weighted by Crippen LogP contribution is 2.32.